The van der Waals surface area contributed by atoms with Gasteiger partial charge in [-0.05, 0) is 43.2 Å². The normalized spacial score (nSPS) is 10.1. The zero-order valence-electron chi connectivity index (χ0n) is 15.0. The van der Waals surface area contributed by atoms with Crippen LogP contribution in [0, 0.1) is 13.8 Å². The van der Waals surface area contributed by atoms with E-state index in [1.165, 1.54) is 12.7 Å². The number of rotatable bonds is 7. The van der Waals surface area contributed by atoms with Crippen molar-refractivity contribution in [1.29, 1.82) is 0 Å². The molecule has 6 nitrogen and oxygen atoms in total. The lowest BCUT2D eigenvalue weighted by atomic mass is 10.1. The monoisotopic (exact) mass is 344 g/mol. The Hall–Kier alpha value is -2.89. The van der Waals surface area contributed by atoms with Crippen LogP contribution >= 0.6 is 0 Å². The van der Waals surface area contributed by atoms with Crippen molar-refractivity contribution < 1.29 is 19.0 Å². The van der Waals surface area contributed by atoms with Gasteiger partial charge in [0.15, 0.2) is 0 Å². The van der Waals surface area contributed by atoms with Gasteiger partial charge >= 0.3 is 6.03 Å². The Morgan fingerprint density at radius 3 is 2.56 bits per heavy atom. The van der Waals surface area contributed by atoms with Gasteiger partial charge in [0.1, 0.15) is 23.9 Å². The van der Waals surface area contributed by atoms with Crippen LogP contribution in [0.2, 0.25) is 0 Å². The van der Waals surface area contributed by atoms with E-state index >= 15 is 0 Å². The minimum absolute atomic E-state index is 0.326. The molecule has 2 N–H and O–H groups in total. The van der Waals surface area contributed by atoms with E-state index in [-0.39, 0.29) is 6.03 Å². The van der Waals surface area contributed by atoms with Crippen LogP contribution in [-0.4, -0.2) is 33.4 Å². The molecule has 2 aromatic rings. The van der Waals surface area contributed by atoms with Gasteiger partial charge in [0.2, 0.25) is 0 Å². The minimum atomic E-state index is -0.326. The molecule has 0 aliphatic heterocycles. The first kappa shape index (κ1) is 18.4. The maximum atomic E-state index is 12.0. The first-order chi connectivity index (χ1) is 12.0. The molecule has 0 bridgehead atoms. The van der Waals surface area contributed by atoms with Gasteiger partial charge in [0.05, 0.1) is 26.5 Å². The lowest BCUT2D eigenvalue weighted by Gasteiger charge is -2.13. The number of ether oxygens (including phenoxy) is 3. The summed E-state index contributed by atoms with van der Waals surface area (Å²) in [5.41, 5.74) is 2.85. The fourth-order valence-electron chi connectivity index (χ4n) is 2.27. The Kier molecular flexibility index (Phi) is 6.51. The molecule has 0 spiro atoms. The third kappa shape index (κ3) is 5.04. The Balaban J connectivity index is 1.82. The second-order valence-electron chi connectivity index (χ2n) is 5.49. The molecule has 2 aromatic carbocycles. The molecule has 0 fully saturated rings. The van der Waals surface area contributed by atoms with Crippen molar-refractivity contribution in [2.45, 2.75) is 13.8 Å². The Labute approximate surface area is 148 Å². The average Bonchev–Trinajstić information content (AvgIpc) is 2.62. The van der Waals surface area contributed by atoms with Gasteiger partial charge in [-0.1, -0.05) is 12.1 Å². The van der Waals surface area contributed by atoms with Crippen LogP contribution in [0.4, 0.5) is 10.5 Å². The number of hydrogen-bond acceptors (Lipinski definition) is 4. The van der Waals surface area contributed by atoms with Crippen LogP contribution in [0.5, 0.6) is 17.2 Å². The van der Waals surface area contributed by atoms with Crippen LogP contribution in [0.25, 0.3) is 0 Å². The van der Waals surface area contributed by atoms with E-state index in [1.807, 2.05) is 32.0 Å². The summed E-state index contributed by atoms with van der Waals surface area (Å²) in [4.78, 5) is 12.0. The molecule has 0 aliphatic carbocycles. The fraction of sp³-hybridized carbons (Fsp3) is 0.316. The number of carbonyl (C=O) groups excluding carboxylic acids is 1. The van der Waals surface area contributed by atoms with E-state index in [0.29, 0.717) is 30.3 Å². The van der Waals surface area contributed by atoms with Crippen molar-refractivity contribution in [1.82, 2.24) is 5.32 Å². The molecule has 0 saturated carbocycles. The number of hydrogen-bond donors (Lipinski definition) is 2. The van der Waals surface area contributed by atoms with Crippen LogP contribution < -0.4 is 24.8 Å². The highest BCUT2D eigenvalue weighted by molar-refractivity contribution is 5.91. The highest BCUT2D eigenvalue weighted by Gasteiger charge is 2.08. The van der Waals surface area contributed by atoms with Gasteiger partial charge in [-0.3, -0.25) is 0 Å². The summed E-state index contributed by atoms with van der Waals surface area (Å²) in [5.74, 6) is 2.02. The van der Waals surface area contributed by atoms with Crippen molar-refractivity contribution >= 4 is 11.7 Å². The molecule has 0 aromatic heterocycles. The van der Waals surface area contributed by atoms with Crippen molar-refractivity contribution in [3.8, 4) is 17.2 Å². The molecule has 0 saturated heterocycles. The quantitative estimate of drug-likeness (QED) is 0.754. The molecule has 0 aliphatic rings. The second kappa shape index (κ2) is 8.82. The topological polar surface area (TPSA) is 68.8 Å². The number of amides is 2. The van der Waals surface area contributed by atoms with Crippen LogP contribution in [-0.2, 0) is 0 Å². The maximum absolute atomic E-state index is 12.0. The van der Waals surface area contributed by atoms with Crippen LogP contribution in [0.1, 0.15) is 11.1 Å². The molecule has 2 rings (SSSR count). The third-order valence-electron chi connectivity index (χ3n) is 3.86. The van der Waals surface area contributed by atoms with Crippen LogP contribution in [0.3, 0.4) is 0 Å². The van der Waals surface area contributed by atoms with Crippen molar-refractivity contribution in [2.24, 2.45) is 0 Å². The largest absolute Gasteiger partial charge is 0.497 e. The Morgan fingerprint density at radius 1 is 1.04 bits per heavy atom. The number of benzene rings is 2. The first-order valence-electron chi connectivity index (χ1n) is 8.01. The first-order valence-corrected chi connectivity index (χ1v) is 8.01. The maximum Gasteiger partial charge on any atom is 0.319 e. The molecule has 0 atom stereocenters. The molecule has 0 heterocycles. The Bertz CT molecular complexity index is 731. The van der Waals surface area contributed by atoms with E-state index < -0.39 is 0 Å². The molecule has 25 heavy (non-hydrogen) atoms. The lowest BCUT2D eigenvalue weighted by molar-refractivity contribution is 0.247. The van der Waals surface area contributed by atoms with Gasteiger partial charge in [0, 0.05) is 6.07 Å². The van der Waals surface area contributed by atoms with Crippen molar-refractivity contribution in [3.63, 3.8) is 0 Å². The molecule has 6 heteroatoms. The summed E-state index contributed by atoms with van der Waals surface area (Å²) in [6, 6.07) is 10.8. The van der Waals surface area contributed by atoms with Crippen molar-refractivity contribution in [2.75, 3.05) is 32.7 Å². The number of urea groups is 1. The summed E-state index contributed by atoms with van der Waals surface area (Å²) in [7, 11) is 3.11. The van der Waals surface area contributed by atoms with Crippen LogP contribution in [0.15, 0.2) is 36.4 Å². The standard InChI is InChI=1S/C19H24N2O4/c1-13-6-5-7-17(14(13)2)25-11-10-20-19(22)21-16-9-8-15(23-3)12-18(16)24-4/h5-9,12H,10-11H2,1-4H3,(H2,20,21,22). The Morgan fingerprint density at radius 2 is 1.84 bits per heavy atom. The molecule has 2 amide bonds. The number of nitrogens with one attached hydrogen (secondary N) is 2. The minimum Gasteiger partial charge on any atom is -0.497 e. The average molecular weight is 344 g/mol. The molecular formula is C19H24N2O4. The molecule has 134 valence electrons. The van der Waals surface area contributed by atoms with Gasteiger partial charge in [0.25, 0.3) is 0 Å². The third-order valence-corrected chi connectivity index (χ3v) is 3.86. The van der Waals surface area contributed by atoms with E-state index in [9.17, 15) is 4.79 Å². The summed E-state index contributed by atoms with van der Waals surface area (Å²) in [6.45, 7) is 4.83. The molecule has 0 unspecified atom stereocenters. The number of anilines is 1. The highest BCUT2D eigenvalue weighted by atomic mass is 16.5. The number of aryl methyl sites for hydroxylation is 1. The predicted molar refractivity (Wildman–Crippen MR) is 98.0 cm³/mol. The fourth-order valence-corrected chi connectivity index (χ4v) is 2.27. The number of methoxy groups -OCH3 is 2. The summed E-state index contributed by atoms with van der Waals surface area (Å²) < 4.78 is 16.1. The van der Waals surface area contributed by atoms with Gasteiger partial charge in [-0.15, -0.1) is 0 Å². The summed E-state index contributed by atoms with van der Waals surface area (Å²) in [5, 5.41) is 5.50. The predicted octanol–water partition coefficient (Wildman–Crippen LogP) is 3.52. The SMILES string of the molecule is COc1ccc(NC(=O)NCCOc2cccc(C)c2C)c(OC)c1. The zero-order valence-corrected chi connectivity index (χ0v) is 15.0. The smallest absolute Gasteiger partial charge is 0.319 e. The van der Waals surface area contributed by atoms with E-state index in [1.54, 1.807) is 25.3 Å². The molecular weight excluding hydrogens is 320 g/mol. The number of carbonyl (C=O) groups is 1. The van der Waals surface area contributed by atoms with Gasteiger partial charge in [-0.25, -0.2) is 4.79 Å². The summed E-state index contributed by atoms with van der Waals surface area (Å²) >= 11 is 0. The van der Waals surface area contributed by atoms with Crippen molar-refractivity contribution in [3.05, 3.63) is 47.5 Å². The van der Waals surface area contributed by atoms with Gasteiger partial charge in [-0.2, -0.15) is 0 Å². The second-order valence-corrected chi connectivity index (χ2v) is 5.49. The van der Waals surface area contributed by atoms with Gasteiger partial charge < -0.3 is 24.8 Å². The summed E-state index contributed by atoms with van der Waals surface area (Å²) in [6.07, 6.45) is 0. The van der Waals surface area contributed by atoms with E-state index in [0.717, 1.165) is 11.3 Å². The lowest BCUT2D eigenvalue weighted by Crippen LogP contribution is -2.32. The van der Waals surface area contributed by atoms with E-state index in [2.05, 4.69) is 10.6 Å². The molecule has 0 radical (unpaired) electrons. The van der Waals surface area contributed by atoms with E-state index in [4.69, 9.17) is 14.2 Å². The highest BCUT2D eigenvalue weighted by Crippen LogP contribution is 2.28. The zero-order chi connectivity index (χ0) is 18.2.